The summed E-state index contributed by atoms with van der Waals surface area (Å²) in [4.78, 5) is 21.8. The molecule has 0 fully saturated rings. The summed E-state index contributed by atoms with van der Waals surface area (Å²) in [6.07, 6.45) is 0.349. The molecule has 0 atom stereocenters. The van der Waals surface area contributed by atoms with Crippen molar-refractivity contribution in [1.82, 2.24) is 5.32 Å². The Morgan fingerprint density at radius 2 is 1.73 bits per heavy atom. The van der Waals surface area contributed by atoms with Gasteiger partial charge in [-0.1, -0.05) is 27.7 Å². The highest BCUT2D eigenvalue weighted by molar-refractivity contribution is 5.97. The van der Waals surface area contributed by atoms with Crippen LogP contribution in [0, 0.1) is 5.41 Å². The first-order valence-electron chi connectivity index (χ1n) is 3.72. The highest BCUT2D eigenvalue weighted by atomic mass is 16.2. The molecule has 0 aromatic carbocycles. The smallest absolute Gasteiger partial charge is 0.231 e. The lowest BCUT2D eigenvalue weighted by molar-refractivity contribution is -0.135. The standard InChI is InChI=1S/C8H15NO2/c1-5-6(10)9-7(11)8(2,3)4/h5H2,1-4H3,(H,9,10,11). The molecule has 2 amide bonds. The van der Waals surface area contributed by atoms with Gasteiger partial charge in [0.15, 0.2) is 0 Å². The van der Waals surface area contributed by atoms with Crippen LogP contribution in [-0.4, -0.2) is 11.8 Å². The minimum atomic E-state index is -0.481. The van der Waals surface area contributed by atoms with Gasteiger partial charge in [0.25, 0.3) is 0 Å². The fourth-order valence-electron chi connectivity index (χ4n) is 0.403. The van der Waals surface area contributed by atoms with Crippen molar-refractivity contribution in [2.24, 2.45) is 5.41 Å². The lowest BCUT2D eigenvalue weighted by Gasteiger charge is -2.16. The number of hydrogen-bond donors (Lipinski definition) is 1. The second-order valence-corrected chi connectivity index (χ2v) is 3.48. The molecule has 64 valence electrons. The monoisotopic (exact) mass is 157 g/mol. The van der Waals surface area contributed by atoms with Gasteiger partial charge in [-0.3, -0.25) is 14.9 Å². The Labute approximate surface area is 67.2 Å². The largest absolute Gasteiger partial charge is 0.296 e. The van der Waals surface area contributed by atoms with E-state index < -0.39 is 5.41 Å². The molecule has 3 heteroatoms. The predicted molar refractivity (Wildman–Crippen MR) is 42.9 cm³/mol. The molecule has 0 aliphatic rings. The SMILES string of the molecule is CCC(=O)NC(=O)C(C)(C)C. The van der Waals surface area contributed by atoms with Crippen molar-refractivity contribution < 1.29 is 9.59 Å². The summed E-state index contributed by atoms with van der Waals surface area (Å²) in [6.45, 7) is 7.02. The van der Waals surface area contributed by atoms with Crippen LogP contribution in [0.1, 0.15) is 34.1 Å². The Kier molecular flexibility index (Phi) is 3.23. The zero-order valence-corrected chi connectivity index (χ0v) is 7.52. The highest BCUT2D eigenvalue weighted by Crippen LogP contribution is 2.12. The van der Waals surface area contributed by atoms with Crippen molar-refractivity contribution in [1.29, 1.82) is 0 Å². The van der Waals surface area contributed by atoms with Gasteiger partial charge in [0, 0.05) is 11.8 Å². The van der Waals surface area contributed by atoms with Crippen molar-refractivity contribution in [2.75, 3.05) is 0 Å². The van der Waals surface area contributed by atoms with E-state index >= 15 is 0 Å². The number of hydrogen-bond acceptors (Lipinski definition) is 2. The zero-order valence-electron chi connectivity index (χ0n) is 7.52. The summed E-state index contributed by atoms with van der Waals surface area (Å²) in [5.74, 6) is -0.436. The summed E-state index contributed by atoms with van der Waals surface area (Å²) in [5, 5.41) is 2.29. The van der Waals surface area contributed by atoms with Crippen LogP contribution in [0.15, 0.2) is 0 Å². The zero-order chi connectivity index (χ0) is 9.07. The first kappa shape index (κ1) is 10.1. The Hall–Kier alpha value is -0.860. The molecule has 0 saturated carbocycles. The lowest BCUT2D eigenvalue weighted by Crippen LogP contribution is -2.38. The number of carbonyl (C=O) groups is 2. The molecular formula is C8H15NO2. The van der Waals surface area contributed by atoms with Crippen LogP contribution in [0.3, 0.4) is 0 Å². The van der Waals surface area contributed by atoms with Gasteiger partial charge < -0.3 is 0 Å². The number of amides is 2. The first-order chi connectivity index (χ1) is 4.88. The first-order valence-corrected chi connectivity index (χ1v) is 3.72. The van der Waals surface area contributed by atoms with E-state index in [1.165, 1.54) is 0 Å². The van der Waals surface area contributed by atoms with Crippen LogP contribution < -0.4 is 5.32 Å². The molecule has 0 heterocycles. The molecule has 0 spiro atoms. The van der Waals surface area contributed by atoms with Crippen molar-refractivity contribution >= 4 is 11.8 Å². The van der Waals surface area contributed by atoms with E-state index in [0.29, 0.717) is 6.42 Å². The second-order valence-electron chi connectivity index (χ2n) is 3.48. The molecule has 0 saturated heterocycles. The molecule has 0 radical (unpaired) electrons. The van der Waals surface area contributed by atoms with Crippen LogP contribution in [0.25, 0.3) is 0 Å². The minimum absolute atomic E-state index is 0.218. The molecular weight excluding hydrogens is 142 g/mol. The molecule has 3 nitrogen and oxygen atoms in total. The van der Waals surface area contributed by atoms with E-state index in [-0.39, 0.29) is 11.8 Å². The van der Waals surface area contributed by atoms with E-state index in [9.17, 15) is 9.59 Å². The van der Waals surface area contributed by atoms with Crippen molar-refractivity contribution in [2.45, 2.75) is 34.1 Å². The van der Waals surface area contributed by atoms with E-state index in [0.717, 1.165) is 0 Å². The van der Waals surface area contributed by atoms with Gasteiger partial charge in [-0.25, -0.2) is 0 Å². The Balaban J connectivity index is 3.99. The van der Waals surface area contributed by atoms with Gasteiger partial charge in [-0.2, -0.15) is 0 Å². The quantitative estimate of drug-likeness (QED) is 0.619. The second kappa shape index (κ2) is 3.51. The van der Waals surface area contributed by atoms with Crippen LogP contribution in [0.5, 0.6) is 0 Å². The van der Waals surface area contributed by atoms with Gasteiger partial charge in [0.1, 0.15) is 0 Å². The molecule has 11 heavy (non-hydrogen) atoms. The van der Waals surface area contributed by atoms with Crippen LogP contribution in [-0.2, 0) is 9.59 Å². The molecule has 0 aliphatic carbocycles. The maximum atomic E-state index is 11.1. The average Bonchev–Trinajstić information content (AvgIpc) is 1.85. The molecule has 1 N–H and O–H groups in total. The van der Waals surface area contributed by atoms with E-state index in [1.807, 2.05) is 0 Å². The third-order valence-corrected chi connectivity index (χ3v) is 1.26. The molecule has 0 bridgehead atoms. The predicted octanol–water partition coefficient (Wildman–Crippen LogP) is 1.09. The fourth-order valence-corrected chi connectivity index (χ4v) is 0.403. The maximum Gasteiger partial charge on any atom is 0.231 e. The molecule has 0 aromatic rings. The number of nitrogens with one attached hydrogen (secondary N) is 1. The van der Waals surface area contributed by atoms with E-state index in [1.54, 1.807) is 27.7 Å². The van der Waals surface area contributed by atoms with E-state index in [4.69, 9.17) is 0 Å². The summed E-state index contributed by atoms with van der Waals surface area (Å²) in [7, 11) is 0. The highest BCUT2D eigenvalue weighted by Gasteiger charge is 2.22. The van der Waals surface area contributed by atoms with Gasteiger partial charge in [-0.05, 0) is 0 Å². The molecule has 0 aliphatic heterocycles. The normalized spacial score (nSPS) is 10.9. The van der Waals surface area contributed by atoms with Crippen molar-refractivity contribution in [3.05, 3.63) is 0 Å². The van der Waals surface area contributed by atoms with Crippen LogP contribution >= 0.6 is 0 Å². The fraction of sp³-hybridized carbons (Fsp3) is 0.750. The summed E-state index contributed by atoms with van der Waals surface area (Å²) >= 11 is 0. The third-order valence-electron chi connectivity index (χ3n) is 1.26. The maximum absolute atomic E-state index is 11.1. The number of rotatable bonds is 1. The summed E-state index contributed by atoms with van der Waals surface area (Å²) in [5.41, 5.74) is -0.481. The number of carbonyl (C=O) groups excluding carboxylic acids is 2. The summed E-state index contributed by atoms with van der Waals surface area (Å²) in [6, 6.07) is 0. The topological polar surface area (TPSA) is 46.2 Å². The number of imide groups is 1. The lowest BCUT2D eigenvalue weighted by atomic mass is 9.96. The van der Waals surface area contributed by atoms with Gasteiger partial charge in [0.05, 0.1) is 0 Å². The molecule has 0 rings (SSSR count). The van der Waals surface area contributed by atoms with Gasteiger partial charge in [-0.15, -0.1) is 0 Å². The van der Waals surface area contributed by atoms with Gasteiger partial charge in [0.2, 0.25) is 11.8 Å². The Morgan fingerprint density at radius 3 is 2.00 bits per heavy atom. The van der Waals surface area contributed by atoms with Crippen molar-refractivity contribution in [3.63, 3.8) is 0 Å². The summed E-state index contributed by atoms with van der Waals surface area (Å²) < 4.78 is 0. The van der Waals surface area contributed by atoms with Crippen LogP contribution in [0.4, 0.5) is 0 Å². The van der Waals surface area contributed by atoms with Crippen molar-refractivity contribution in [3.8, 4) is 0 Å². The molecule has 0 aromatic heterocycles. The Morgan fingerprint density at radius 1 is 1.27 bits per heavy atom. The van der Waals surface area contributed by atoms with E-state index in [2.05, 4.69) is 5.32 Å². The molecule has 0 unspecified atom stereocenters. The Bertz CT molecular complexity index is 167. The van der Waals surface area contributed by atoms with Gasteiger partial charge >= 0.3 is 0 Å². The third kappa shape index (κ3) is 3.75. The minimum Gasteiger partial charge on any atom is -0.296 e. The van der Waals surface area contributed by atoms with Crippen LogP contribution in [0.2, 0.25) is 0 Å². The average molecular weight is 157 g/mol.